The Morgan fingerprint density at radius 3 is 2.80 bits per heavy atom. The van der Waals surface area contributed by atoms with Crippen LogP contribution >= 0.6 is 11.5 Å². The van der Waals surface area contributed by atoms with E-state index in [4.69, 9.17) is 0 Å². The van der Waals surface area contributed by atoms with Gasteiger partial charge < -0.3 is 9.45 Å². The molecule has 2 rings (SSSR count). The molecule has 0 atom stereocenters. The number of likely N-dealkylation sites (N-methyl/N-ethyl adjacent to an activating group) is 1. The molecule has 0 spiro atoms. The Morgan fingerprint density at radius 1 is 1.44 bits per heavy atom. The van der Waals surface area contributed by atoms with Crippen LogP contribution in [0.2, 0.25) is 0 Å². The van der Waals surface area contributed by atoms with Crippen LogP contribution < -0.4 is 4.90 Å². The number of hydrogen-bond acceptors (Lipinski definition) is 12. The van der Waals surface area contributed by atoms with E-state index in [0.29, 0.717) is 5.13 Å². The highest BCUT2D eigenvalue weighted by Crippen LogP contribution is 2.32. The predicted octanol–water partition coefficient (Wildman–Crippen LogP) is 1.89. The number of hydrogen-bond donors (Lipinski definition) is 0. The molecule has 2 aromatic rings. The fourth-order valence-electron chi connectivity index (χ4n) is 1.75. The zero-order valence-electron chi connectivity index (χ0n) is 13.7. The Balaban J connectivity index is 0.00000338. The van der Waals surface area contributed by atoms with E-state index in [1.54, 1.807) is 0 Å². The number of nitro groups is 1. The summed E-state index contributed by atoms with van der Waals surface area (Å²) in [5, 5.41) is 19.2. The molecule has 0 aliphatic carbocycles. The summed E-state index contributed by atoms with van der Waals surface area (Å²) in [6.07, 6.45) is 1.31. The summed E-state index contributed by atoms with van der Waals surface area (Å²) in [4.78, 5) is 15.8. The molecule has 0 amide bonds. The Bertz CT molecular complexity index is 875. The van der Waals surface area contributed by atoms with Gasteiger partial charge in [0.05, 0.1) is 17.2 Å². The van der Waals surface area contributed by atoms with Crippen LogP contribution in [0.3, 0.4) is 0 Å². The van der Waals surface area contributed by atoms with Gasteiger partial charge >= 0.3 is 1.43 Å². The molecule has 0 aliphatic heterocycles. The molecule has 0 fully saturated rings. The topological polar surface area (TPSA) is 163 Å². The summed E-state index contributed by atoms with van der Waals surface area (Å²) < 4.78 is 39.0. The van der Waals surface area contributed by atoms with E-state index in [0.717, 1.165) is 11.5 Å². The van der Waals surface area contributed by atoms with Crippen LogP contribution in [0, 0.1) is 10.1 Å². The average molecular weight is 388 g/mol. The maximum Gasteiger partial charge on any atom is 1.00 e. The molecule has 0 bridgehead atoms. The van der Waals surface area contributed by atoms with Crippen molar-refractivity contribution in [3.63, 3.8) is 0 Å². The molecular formula is C11H12N6O6S2. The summed E-state index contributed by atoms with van der Waals surface area (Å²) in [5.41, 5.74) is 0.172. The highest BCUT2D eigenvalue weighted by Gasteiger charge is 2.18. The first-order chi connectivity index (χ1) is 11.8. The van der Waals surface area contributed by atoms with Crippen molar-refractivity contribution in [2.75, 3.05) is 25.1 Å². The SMILES string of the molecule is CN(CCOS(=O)(=O)[O-])c1ccc(N=Nc2ncns2)cc1[N+](=O)[O-].[H+]. The molecule has 0 saturated carbocycles. The third kappa shape index (κ3) is 5.79. The molecule has 0 N–H and O–H groups in total. The van der Waals surface area contributed by atoms with Gasteiger partial charge in [0, 0.05) is 31.2 Å². The third-order valence-electron chi connectivity index (χ3n) is 2.82. The van der Waals surface area contributed by atoms with Crippen LogP contribution in [-0.4, -0.2) is 47.5 Å². The Hall–Kier alpha value is -2.55. The van der Waals surface area contributed by atoms with Crippen LogP contribution in [0.1, 0.15) is 1.43 Å². The molecule has 1 heterocycles. The standard InChI is InChI=1S/C11H12N6O6S2/c1-16(4-5-23-25(20,21)22)9-3-2-8(6-10(9)17(18)19)14-15-11-12-7-13-24-11/h2-3,6-7H,4-5H2,1H3,(H,20,21,22). The summed E-state index contributed by atoms with van der Waals surface area (Å²) in [7, 11) is -3.32. The lowest BCUT2D eigenvalue weighted by atomic mass is 10.2. The van der Waals surface area contributed by atoms with E-state index in [1.165, 1.54) is 36.5 Å². The Morgan fingerprint density at radius 2 is 2.20 bits per heavy atom. The van der Waals surface area contributed by atoms with Gasteiger partial charge in [-0.1, -0.05) is 0 Å². The molecule has 1 aromatic heterocycles. The number of rotatable bonds is 8. The monoisotopic (exact) mass is 388 g/mol. The number of azo groups is 1. The minimum Gasteiger partial charge on any atom is -0.726 e. The molecule has 0 radical (unpaired) electrons. The van der Waals surface area contributed by atoms with E-state index in [1.807, 2.05) is 0 Å². The van der Waals surface area contributed by atoms with Crippen molar-refractivity contribution < 1.29 is 23.5 Å². The minimum absolute atomic E-state index is 0. The summed E-state index contributed by atoms with van der Waals surface area (Å²) in [5.74, 6) is 0. The zero-order chi connectivity index (χ0) is 18.4. The zero-order valence-corrected chi connectivity index (χ0v) is 14.3. The fraction of sp³-hybridized carbons (Fsp3) is 0.273. The molecule has 0 saturated heterocycles. The number of anilines is 1. The molecule has 0 unspecified atom stereocenters. The largest absolute Gasteiger partial charge is 1.00 e. The lowest BCUT2D eigenvalue weighted by Crippen LogP contribution is -2.24. The molecule has 12 nitrogen and oxygen atoms in total. The first-order valence-corrected chi connectivity index (χ1v) is 8.65. The summed E-state index contributed by atoms with van der Waals surface area (Å²) >= 11 is 1.02. The van der Waals surface area contributed by atoms with Gasteiger partial charge in [0.2, 0.25) is 15.5 Å². The highest BCUT2D eigenvalue weighted by atomic mass is 32.3. The first-order valence-electron chi connectivity index (χ1n) is 6.54. The van der Waals surface area contributed by atoms with Gasteiger partial charge in [0.1, 0.15) is 12.0 Å². The normalized spacial score (nSPS) is 11.8. The van der Waals surface area contributed by atoms with Gasteiger partial charge in [-0.2, -0.15) is 4.37 Å². The number of benzene rings is 1. The van der Waals surface area contributed by atoms with Gasteiger partial charge in [0.15, 0.2) is 0 Å². The van der Waals surface area contributed by atoms with E-state index < -0.39 is 21.9 Å². The van der Waals surface area contributed by atoms with E-state index >= 15 is 0 Å². The first kappa shape index (κ1) is 18.8. The number of nitrogens with zero attached hydrogens (tertiary/aromatic N) is 6. The van der Waals surface area contributed by atoms with Crippen molar-refractivity contribution in [2.45, 2.75) is 0 Å². The molecule has 1 aromatic carbocycles. The van der Waals surface area contributed by atoms with Gasteiger partial charge in [-0.3, -0.25) is 14.3 Å². The van der Waals surface area contributed by atoms with Crippen molar-refractivity contribution >= 4 is 44.1 Å². The highest BCUT2D eigenvalue weighted by molar-refractivity contribution is 7.80. The minimum atomic E-state index is -4.81. The van der Waals surface area contributed by atoms with Crippen molar-refractivity contribution in [3.8, 4) is 0 Å². The van der Waals surface area contributed by atoms with Gasteiger partial charge in [-0.15, -0.1) is 10.2 Å². The maximum absolute atomic E-state index is 11.3. The van der Waals surface area contributed by atoms with Crippen LogP contribution in [0.15, 0.2) is 34.8 Å². The lowest BCUT2D eigenvalue weighted by molar-refractivity contribution is -0.384. The molecule has 134 valence electrons. The summed E-state index contributed by atoms with van der Waals surface area (Å²) in [6.45, 7) is -0.480. The van der Waals surface area contributed by atoms with Gasteiger partial charge in [-0.05, 0) is 12.1 Å². The van der Waals surface area contributed by atoms with Crippen molar-refractivity contribution in [3.05, 3.63) is 34.6 Å². The van der Waals surface area contributed by atoms with E-state index in [2.05, 4.69) is 23.8 Å². The van der Waals surface area contributed by atoms with Crippen LogP contribution in [-0.2, 0) is 14.6 Å². The lowest BCUT2D eigenvalue weighted by Gasteiger charge is -2.19. The third-order valence-corrected chi connectivity index (χ3v) is 3.83. The Labute approximate surface area is 147 Å². The predicted molar refractivity (Wildman–Crippen MR) is 87.2 cm³/mol. The Kier molecular flexibility index (Phi) is 6.02. The number of aromatic nitrogens is 2. The average Bonchev–Trinajstić information content (AvgIpc) is 3.04. The van der Waals surface area contributed by atoms with Crippen molar-refractivity contribution in [1.29, 1.82) is 0 Å². The van der Waals surface area contributed by atoms with Gasteiger partial charge in [-0.25, -0.2) is 13.4 Å². The number of nitro benzene ring substituents is 1. The van der Waals surface area contributed by atoms with Crippen LogP contribution in [0.4, 0.5) is 22.2 Å². The van der Waals surface area contributed by atoms with Gasteiger partial charge in [0.25, 0.3) is 5.69 Å². The van der Waals surface area contributed by atoms with Crippen LogP contribution in [0.25, 0.3) is 0 Å². The smallest absolute Gasteiger partial charge is 0.726 e. The summed E-state index contributed by atoms with van der Waals surface area (Å²) in [6, 6.07) is 4.13. The quantitative estimate of drug-likeness (QED) is 0.216. The molecule has 14 heteroatoms. The molecular weight excluding hydrogens is 376 g/mol. The second kappa shape index (κ2) is 8.02. The van der Waals surface area contributed by atoms with Crippen molar-refractivity contribution in [1.82, 2.24) is 9.36 Å². The second-order valence-corrected chi connectivity index (χ2v) is 6.32. The maximum atomic E-state index is 11.3. The second-order valence-electron chi connectivity index (χ2n) is 4.51. The molecule has 25 heavy (non-hydrogen) atoms. The molecule has 0 aliphatic rings. The van der Waals surface area contributed by atoms with E-state index in [9.17, 15) is 23.1 Å². The fourth-order valence-corrected chi connectivity index (χ4v) is 2.39. The van der Waals surface area contributed by atoms with E-state index in [-0.39, 0.29) is 25.0 Å². The van der Waals surface area contributed by atoms with Crippen molar-refractivity contribution in [2.24, 2.45) is 10.2 Å². The van der Waals surface area contributed by atoms with Crippen LogP contribution in [0.5, 0.6) is 0 Å².